The molecular formula is C13H11ClFN3OS. The summed E-state index contributed by atoms with van der Waals surface area (Å²) in [6.07, 6.45) is 1.45. The second-order valence-corrected chi connectivity index (χ2v) is 5.37. The van der Waals surface area contributed by atoms with Crippen LogP contribution in [-0.2, 0) is 4.79 Å². The van der Waals surface area contributed by atoms with Crippen LogP contribution in [0.25, 0.3) is 0 Å². The number of anilines is 1. The highest BCUT2D eigenvalue weighted by molar-refractivity contribution is 7.99. The van der Waals surface area contributed by atoms with Gasteiger partial charge in [0.15, 0.2) is 0 Å². The smallest absolute Gasteiger partial charge is 0.234 e. The van der Waals surface area contributed by atoms with E-state index in [2.05, 4.69) is 15.3 Å². The molecular weight excluding hydrogens is 301 g/mol. The molecule has 0 fully saturated rings. The third-order valence-electron chi connectivity index (χ3n) is 2.33. The first-order valence-corrected chi connectivity index (χ1v) is 7.07. The average Bonchev–Trinajstić information content (AvgIpc) is 2.41. The van der Waals surface area contributed by atoms with Crippen LogP contribution in [0.15, 0.2) is 35.6 Å². The summed E-state index contributed by atoms with van der Waals surface area (Å²) < 4.78 is 13.0. The van der Waals surface area contributed by atoms with Gasteiger partial charge in [-0.1, -0.05) is 23.4 Å². The number of benzene rings is 1. The molecule has 0 saturated carbocycles. The zero-order valence-corrected chi connectivity index (χ0v) is 12.1. The van der Waals surface area contributed by atoms with Gasteiger partial charge in [0.1, 0.15) is 17.2 Å². The van der Waals surface area contributed by atoms with Gasteiger partial charge in [-0.05, 0) is 31.2 Å². The molecule has 0 atom stereocenters. The van der Waals surface area contributed by atoms with Crippen LogP contribution in [-0.4, -0.2) is 21.6 Å². The van der Waals surface area contributed by atoms with Crippen LogP contribution in [0.5, 0.6) is 0 Å². The van der Waals surface area contributed by atoms with Crippen molar-refractivity contribution in [2.75, 3.05) is 11.1 Å². The Morgan fingerprint density at radius 3 is 2.90 bits per heavy atom. The SMILES string of the molecule is Cc1cc(SCC(=O)Nc2ccc(F)c(Cl)c2)ncn1. The molecule has 0 aliphatic heterocycles. The zero-order chi connectivity index (χ0) is 14.5. The second-order valence-electron chi connectivity index (χ2n) is 3.96. The molecule has 20 heavy (non-hydrogen) atoms. The molecule has 1 heterocycles. The molecule has 2 rings (SSSR count). The van der Waals surface area contributed by atoms with Crippen molar-refractivity contribution >= 4 is 35.0 Å². The highest BCUT2D eigenvalue weighted by Crippen LogP contribution is 2.20. The predicted molar refractivity (Wildman–Crippen MR) is 77.5 cm³/mol. The highest BCUT2D eigenvalue weighted by atomic mass is 35.5. The Hall–Kier alpha value is -1.66. The molecule has 0 radical (unpaired) electrons. The lowest BCUT2D eigenvalue weighted by Gasteiger charge is -2.05. The third-order valence-corrected chi connectivity index (χ3v) is 3.55. The number of nitrogens with zero attached hydrogens (tertiary/aromatic N) is 2. The summed E-state index contributed by atoms with van der Waals surface area (Å²) in [5, 5.41) is 3.34. The largest absolute Gasteiger partial charge is 0.325 e. The molecule has 1 N–H and O–H groups in total. The quantitative estimate of drug-likeness (QED) is 0.695. The van der Waals surface area contributed by atoms with E-state index in [9.17, 15) is 9.18 Å². The molecule has 0 aliphatic carbocycles. The number of carbonyl (C=O) groups excluding carboxylic acids is 1. The number of halogens is 2. The summed E-state index contributed by atoms with van der Waals surface area (Å²) in [5.74, 6) is -0.532. The summed E-state index contributed by atoms with van der Waals surface area (Å²) in [4.78, 5) is 19.8. The Balaban J connectivity index is 1.91. The van der Waals surface area contributed by atoms with Crippen molar-refractivity contribution < 1.29 is 9.18 Å². The minimum Gasteiger partial charge on any atom is -0.325 e. The summed E-state index contributed by atoms with van der Waals surface area (Å²) in [5.41, 5.74) is 1.30. The fourth-order valence-corrected chi connectivity index (χ4v) is 2.33. The number of aryl methyl sites for hydroxylation is 1. The Morgan fingerprint density at radius 1 is 1.40 bits per heavy atom. The van der Waals surface area contributed by atoms with Crippen molar-refractivity contribution in [3.05, 3.63) is 47.1 Å². The zero-order valence-electron chi connectivity index (χ0n) is 10.6. The standard InChI is InChI=1S/C13H11ClFN3OS/c1-8-4-13(17-7-16-8)20-6-12(19)18-9-2-3-11(15)10(14)5-9/h2-5,7H,6H2,1H3,(H,18,19). The van der Waals surface area contributed by atoms with Crippen LogP contribution in [0.3, 0.4) is 0 Å². The number of thioether (sulfide) groups is 1. The molecule has 0 bridgehead atoms. The maximum atomic E-state index is 13.0. The monoisotopic (exact) mass is 311 g/mol. The number of nitrogens with one attached hydrogen (secondary N) is 1. The van der Waals surface area contributed by atoms with Gasteiger partial charge >= 0.3 is 0 Å². The van der Waals surface area contributed by atoms with Gasteiger partial charge < -0.3 is 5.32 Å². The van der Waals surface area contributed by atoms with E-state index in [0.29, 0.717) is 5.69 Å². The summed E-state index contributed by atoms with van der Waals surface area (Å²) >= 11 is 6.94. The van der Waals surface area contributed by atoms with Crippen molar-refractivity contribution in [3.8, 4) is 0 Å². The molecule has 0 saturated heterocycles. The second kappa shape index (κ2) is 6.67. The molecule has 7 heteroatoms. The van der Waals surface area contributed by atoms with Crippen LogP contribution in [0.2, 0.25) is 5.02 Å². The van der Waals surface area contributed by atoms with Crippen LogP contribution in [0.1, 0.15) is 5.69 Å². The Bertz CT molecular complexity index is 639. The topological polar surface area (TPSA) is 54.9 Å². The number of hydrogen-bond acceptors (Lipinski definition) is 4. The molecule has 2 aromatic rings. The Kier molecular flexibility index (Phi) is 4.92. The normalized spacial score (nSPS) is 10.3. The van der Waals surface area contributed by atoms with Crippen molar-refractivity contribution in [3.63, 3.8) is 0 Å². The molecule has 4 nitrogen and oxygen atoms in total. The van der Waals surface area contributed by atoms with E-state index in [0.717, 1.165) is 10.7 Å². The number of amides is 1. The van der Waals surface area contributed by atoms with E-state index < -0.39 is 5.82 Å². The highest BCUT2D eigenvalue weighted by Gasteiger charge is 2.07. The van der Waals surface area contributed by atoms with Gasteiger partial charge in [0.2, 0.25) is 5.91 Å². The van der Waals surface area contributed by atoms with Crippen molar-refractivity contribution in [1.29, 1.82) is 0 Å². The molecule has 0 spiro atoms. The molecule has 104 valence electrons. The summed E-state index contributed by atoms with van der Waals surface area (Å²) in [6, 6.07) is 5.83. The molecule has 1 aromatic carbocycles. The van der Waals surface area contributed by atoms with Crippen molar-refractivity contribution in [2.45, 2.75) is 11.9 Å². The molecule has 0 unspecified atom stereocenters. The molecule has 0 aliphatic rings. The third kappa shape index (κ3) is 4.18. The Labute approximate surface area is 124 Å². The van der Waals surface area contributed by atoms with Crippen molar-refractivity contribution in [2.24, 2.45) is 0 Å². The first-order valence-electron chi connectivity index (χ1n) is 5.71. The van der Waals surface area contributed by atoms with E-state index in [1.807, 2.05) is 6.92 Å². The maximum absolute atomic E-state index is 13.0. The van der Waals surface area contributed by atoms with Crippen LogP contribution in [0.4, 0.5) is 10.1 Å². The van der Waals surface area contributed by atoms with E-state index in [1.54, 1.807) is 6.07 Å². The van der Waals surface area contributed by atoms with Gasteiger partial charge in [0.05, 0.1) is 10.8 Å². The Morgan fingerprint density at radius 2 is 2.20 bits per heavy atom. The van der Waals surface area contributed by atoms with Crippen molar-refractivity contribution in [1.82, 2.24) is 9.97 Å². The fraction of sp³-hybridized carbons (Fsp3) is 0.154. The van der Waals surface area contributed by atoms with Gasteiger partial charge in [-0.25, -0.2) is 14.4 Å². The van der Waals surface area contributed by atoms with Crippen LogP contribution in [0, 0.1) is 12.7 Å². The summed E-state index contributed by atoms with van der Waals surface area (Å²) in [7, 11) is 0. The molecule has 1 amide bonds. The fourth-order valence-electron chi connectivity index (χ4n) is 1.42. The first-order chi connectivity index (χ1) is 9.54. The first kappa shape index (κ1) is 14.7. The van der Waals surface area contributed by atoms with Crippen LogP contribution < -0.4 is 5.32 Å². The maximum Gasteiger partial charge on any atom is 0.234 e. The lowest BCUT2D eigenvalue weighted by atomic mass is 10.3. The van der Waals surface area contributed by atoms with Gasteiger partial charge in [-0.3, -0.25) is 4.79 Å². The molecule has 1 aromatic heterocycles. The van der Waals surface area contributed by atoms with Gasteiger partial charge in [0, 0.05) is 11.4 Å². The van der Waals surface area contributed by atoms with E-state index in [-0.39, 0.29) is 16.7 Å². The van der Waals surface area contributed by atoms with Gasteiger partial charge in [-0.15, -0.1) is 0 Å². The average molecular weight is 312 g/mol. The number of hydrogen-bond donors (Lipinski definition) is 1. The number of carbonyl (C=O) groups is 1. The minimum atomic E-state index is -0.518. The van der Waals surface area contributed by atoms with Gasteiger partial charge in [-0.2, -0.15) is 0 Å². The number of aromatic nitrogens is 2. The van der Waals surface area contributed by atoms with E-state index >= 15 is 0 Å². The minimum absolute atomic E-state index is 0.0260. The van der Waals surface area contributed by atoms with Crippen LogP contribution >= 0.6 is 23.4 Å². The van der Waals surface area contributed by atoms with E-state index in [1.165, 1.54) is 36.3 Å². The van der Waals surface area contributed by atoms with E-state index in [4.69, 9.17) is 11.6 Å². The number of rotatable bonds is 4. The lowest BCUT2D eigenvalue weighted by molar-refractivity contribution is -0.113. The summed E-state index contributed by atoms with van der Waals surface area (Å²) in [6.45, 7) is 1.85. The van der Waals surface area contributed by atoms with Gasteiger partial charge in [0.25, 0.3) is 0 Å². The lowest BCUT2D eigenvalue weighted by Crippen LogP contribution is -2.14. The predicted octanol–water partition coefficient (Wildman–Crippen LogP) is 3.31.